The van der Waals surface area contributed by atoms with Gasteiger partial charge in [-0.3, -0.25) is 9.59 Å². The highest BCUT2D eigenvalue weighted by Crippen LogP contribution is 2.41. The maximum Gasteiger partial charge on any atom is 0.416 e. The molecule has 1 aromatic carbocycles. The average Bonchev–Trinajstić information content (AvgIpc) is 3.29. The fraction of sp³-hybridized carbons (Fsp3) is 0.346. The Kier molecular flexibility index (Phi) is 6.52. The van der Waals surface area contributed by atoms with Crippen LogP contribution in [0, 0.1) is 5.41 Å². The first-order valence-electron chi connectivity index (χ1n) is 12.1. The first-order chi connectivity index (χ1) is 18.3. The third kappa shape index (κ3) is 4.79. The van der Waals surface area contributed by atoms with Gasteiger partial charge in [0.25, 0.3) is 0 Å². The Morgan fingerprint density at radius 2 is 1.95 bits per heavy atom. The number of nitrogens with one attached hydrogen (secondary N) is 1. The lowest BCUT2D eigenvalue weighted by molar-refractivity contribution is -0.139. The third-order valence-electron chi connectivity index (χ3n) is 7.45. The molecule has 3 aromatic heterocycles. The quantitative estimate of drug-likeness (QED) is 0.317. The van der Waals surface area contributed by atoms with Crippen LogP contribution in [-0.4, -0.2) is 48.3 Å². The predicted molar refractivity (Wildman–Crippen MR) is 144 cm³/mol. The first-order valence-corrected chi connectivity index (χ1v) is 12.9. The molecule has 0 unspecified atom stereocenters. The van der Waals surface area contributed by atoms with Crippen LogP contribution < -0.4 is 11.1 Å². The van der Waals surface area contributed by atoms with Gasteiger partial charge in [0.2, 0.25) is 11.8 Å². The number of nitrogens with two attached hydrogens (primary N) is 1. The van der Waals surface area contributed by atoms with Crippen LogP contribution in [0.15, 0.2) is 47.3 Å². The van der Waals surface area contributed by atoms with E-state index in [0.717, 1.165) is 12.1 Å². The normalized spacial score (nSPS) is 19.1. The SMILES string of the molecule is C[C@H]1N(C(=O)Cn2c3cc(C(F)(F)F)ccc3c3c(N)ncnc32)[C@H](C(=O)Nc2cccc(Br)n2)CC1(C)C. The molecule has 0 saturated carbocycles. The zero-order chi connectivity index (χ0) is 28.3. The molecule has 0 aliphatic carbocycles. The summed E-state index contributed by atoms with van der Waals surface area (Å²) >= 11 is 3.27. The van der Waals surface area contributed by atoms with Crippen molar-refractivity contribution < 1.29 is 22.8 Å². The lowest BCUT2D eigenvalue weighted by Gasteiger charge is -2.31. The van der Waals surface area contributed by atoms with E-state index in [4.69, 9.17) is 5.73 Å². The molecule has 1 fully saturated rings. The fourth-order valence-corrected chi connectivity index (χ4v) is 5.54. The summed E-state index contributed by atoms with van der Waals surface area (Å²) in [6.07, 6.45) is -3.00. The minimum atomic E-state index is -4.59. The summed E-state index contributed by atoms with van der Waals surface area (Å²) in [6.45, 7) is 5.44. The summed E-state index contributed by atoms with van der Waals surface area (Å²) < 4.78 is 42.7. The standard InChI is InChI=1S/C26H25BrF3N7O2/c1-13-25(2,3)10-17(24(39)35-19-6-4-5-18(27)34-19)37(13)20(38)11-36-16-9-14(26(28,29)30)7-8-15(16)21-22(31)32-12-33-23(21)36/h4-9,12-13,17H,10-11H2,1-3H3,(H2,31,32,33)(H,34,35,39)/t13-,17+/m1/s1. The van der Waals surface area contributed by atoms with Crippen molar-refractivity contribution in [2.24, 2.45) is 5.41 Å². The van der Waals surface area contributed by atoms with Crippen LogP contribution in [0.4, 0.5) is 24.8 Å². The minimum Gasteiger partial charge on any atom is -0.383 e. The van der Waals surface area contributed by atoms with Gasteiger partial charge >= 0.3 is 6.18 Å². The van der Waals surface area contributed by atoms with Gasteiger partial charge in [-0.25, -0.2) is 15.0 Å². The molecule has 4 aromatic rings. The topological polar surface area (TPSA) is 119 Å². The number of pyridine rings is 1. The molecule has 1 saturated heterocycles. The van der Waals surface area contributed by atoms with E-state index in [9.17, 15) is 22.8 Å². The summed E-state index contributed by atoms with van der Waals surface area (Å²) in [5.41, 5.74) is 5.18. The number of fused-ring (bicyclic) bond motifs is 3. The number of halogens is 4. The lowest BCUT2D eigenvalue weighted by Crippen LogP contribution is -2.48. The van der Waals surface area contributed by atoms with E-state index in [2.05, 4.69) is 36.2 Å². The molecule has 0 bridgehead atoms. The van der Waals surface area contributed by atoms with Gasteiger partial charge in [-0.2, -0.15) is 13.2 Å². The number of anilines is 2. The number of alkyl halides is 3. The predicted octanol–water partition coefficient (Wildman–Crippen LogP) is 5.00. The van der Waals surface area contributed by atoms with Crippen LogP contribution in [0.2, 0.25) is 0 Å². The van der Waals surface area contributed by atoms with Crippen molar-refractivity contribution in [3.63, 3.8) is 0 Å². The number of hydrogen-bond acceptors (Lipinski definition) is 6. The molecule has 9 nitrogen and oxygen atoms in total. The molecule has 0 radical (unpaired) electrons. The molecular formula is C26H25BrF3N7O2. The summed E-state index contributed by atoms with van der Waals surface area (Å²) in [5.74, 6) is -0.429. The minimum absolute atomic E-state index is 0.0883. The van der Waals surface area contributed by atoms with Crippen molar-refractivity contribution in [2.45, 2.75) is 52.0 Å². The summed E-state index contributed by atoms with van der Waals surface area (Å²) in [6, 6.07) is 7.17. The Labute approximate surface area is 229 Å². The van der Waals surface area contributed by atoms with Crippen molar-refractivity contribution in [1.29, 1.82) is 0 Å². The van der Waals surface area contributed by atoms with Gasteiger partial charge in [-0.15, -0.1) is 0 Å². The third-order valence-corrected chi connectivity index (χ3v) is 7.89. The molecular weight excluding hydrogens is 579 g/mol. The van der Waals surface area contributed by atoms with Crippen LogP contribution in [0.5, 0.6) is 0 Å². The van der Waals surface area contributed by atoms with E-state index in [1.165, 1.54) is 21.9 Å². The van der Waals surface area contributed by atoms with E-state index in [1.54, 1.807) is 18.2 Å². The van der Waals surface area contributed by atoms with Crippen molar-refractivity contribution >= 4 is 61.3 Å². The van der Waals surface area contributed by atoms with Gasteiger partial charge in [-0.1, -0.05) is 26.0 Å². The molecule has 2 amide bonds. The van der Waals surface area contributed by atoms with Gasteiger partial charge in [0, 0.05) is 11.4 Å². The van der Waals surface area contributed by atoms with Gasteiger partial charge < -0.3 is 20.5 Å². The van der Waals surface area contributed by atoms with Crippen molar-refractivity contribution in [2.75, 3.05) is 11.1 Å². The largest absolute Gasteiger partial charge is 0.416 e. The molecule has 1 aliphatic rings. The summed E-state index contributed by atoms with van der Waals surface area (Å²) in [7, 11) is 0. The Morgan fingerprint density at radius 1 is 1.21 bits per heavy atom. The highest BCUT2D eigenvalue weighted by molar-refractivity contribution is 9.10. The Morgan fingerprint density at radius 3 is 2.64 bits per heavy atom. The lowest BCUT2D eigenvalue weighted by atomic mass is 9.84. The highest BCUT2D eigenvalue weighted by atomic mass is 79.9. The van der Waals surface area contributed by atoms with Gasteiger partial charge in [0.05, 0.1) is 16.5 Å². The van der Waals surface area contributed by atoms with Gasteiger partial charge in [0.1, 0.15) is 40.8 Å². The number of carbonyl (C=O) groups is 2. The molecule has 4 heterocycles. The summed E-state index contributed by atoms with van der Waals surface area (Å²) in [4.78, 5) is 41.2. The fourth-order valence-electron chi connectivity index (χ4n) is 5.20. The molecule has 3 N–H and O–H groups in total. The van der Waals surface area contributed by atoms with Crippen LogP contribution >= 0.6 is 15.9 Å². The van der Waals surface area contributed by atoms with Gasteiger partial charge in [-0.05, 0) is 59.0 Å². The van der Waals surface area contributed by atoms with Crippen LogP contribution in [0.1, 0.15) is 32.8 Å². The molecule has 204 valence electrons. The molecule has 13 heteroatoms. The molecule has 0 spiro atoms. The number of nitrogens with zero attached hydrogens (tertiary/aromatic N) is 5. The van der Waals surface area contributed by atoms with Crippen molar-refractivity contribution in [3.8, 4) is 0 Å². The van der Waals surface area contributed by atoms with Crippen LogP contribution in [-0.2, 0) is 22.3 Å². The second-order valence-electron chi connectivity index (χ2n) is 10.3. The number of carbonyl (C=O) groups excluding carboxylic acids is 2. The molecule has 39 heavy (non-hydrogen) atoms. The number of nitrogen functional groups attached to an aromatic ring is 1. The highest BCUT2D eigenvalue weighted by Gasteiger charge is 2.49. The second-order valence-corrected chi connectivity index (χ2v) is 11.1. The number of rotatable bonds is 4. The van der Waals surface area contributed by atoms with E-state index in [-0.39, 0.29) is 29.6 Å². The molecule has 2 atom stereocenters. The number of likely N-dealkylation sites (tertiary alicyclic amines) is 1. The number of aromatic nitrogens is 4. The van der Waals surface area contributed by atoms with Crippen LogP contribution in [0.25, 0.3) is 21.9 Å². The smallest absolute Gasteiger partial charge is 0.383 e. The Hall–Kier alpha value is -3.74. The number of amides is 2. The second kappa shape index (κ2) is 9.47. The summed E-state index contributed by atoms with van der Waals surface area (Å²) in [5, 5.41) is 3.53. The maximum absolute atomic E-state index is 13.9. The first kappa shape index (κ1) is 26.9. The van der Waals surface area contributed by atoms with E-state index >= 15 is 0 Å². The van der Waals surface area contributed by atoms with Gasteiger partial charge in [0.15, 0.2) is 0 Å². The number of hydrogen-bond donors (Lipinski definition) is 2. The van der Waals surface area contributed by atoms with Crippen LogP contribution in [0.3, 0.4) is 0 Å². The monoisotopic (exact) mass is 603 g/mol. The number of benzene rings is 1. The Balaban J connectivity index is 1.55. The van der Waals surface area contributed by atoms with E-state index < -0.39 is 35.0 Å². The Bertz CT molecular complexity index is 1620. The average molecular weight is 604 g/mol. The maximum atomic E-state index is 13.9. The van der Waals surface area contributed by atoms with Crippen molar-refractivity contribution in [1.82, 2.24) is 24.4 Å². The molecule has 5 rings (SSSR count). The zero-order valence-corrected chi connectivity index (χ0v) is 22.8. The van der Waals surface area contributed by atoms with E-state index in [1.807, 2.05) is 20.8 Å². The zero-order valence-electron chi connectivity index (χ0n) is 21.3. The van der Waals surface area contributed by atoms with E-state index in [0.29, 0.717) is 27.6 Å². The molecule has 1 aliphatic heterocycles. The van der Waals surface area contributed by atoms with Crippen molar-refractivity contribution in [3.05, 3.63) is 52.9 Å².